The fourth-order valence-electron chi connectivity index (χ4n) is 2.75. The maximum absolute atomic E-state index is 11.9. The predicted octanol–water partition coefficient (Wildman–Crippen LogP) is 1.17. The van der Waals surface area contributed by atoms with Crippen molar-refractivity contribution in [3.05, 3.63) is 0 Å². The van der Waals surface area contributed by atoms with Gasteiger partial charge in [0.2, 0.25) is 5.91 Å². The Morgan fingerprint density at radius 2 is 2.35 bits per heavy atom. The number of aliphatic hydroxyl groups excluding tert-OH is 1. The molecule has 0 aromatic rings. The Balaban J connectivity index is 2.58. The molecule has 0 radical (unpaired) electrons. The molecular weight excluding hydrogens is 216 g/mol. The fraction of sp³-hybridized carbons (Fsp3) is 0.923. The van der Waals surface area contributed by atoms with Gasteiger partial charge in [-0.25, -0.2) is 0 Å². The summed E-state index contributed by atoms with van der Waals surface area (Å²) in [6.07, 6.45) is 5.55. The summed E-state index contributed by atoms with van der Waals surface area (Å²) in [6, 6.07) is -0.444. The molecule has 2 unspecified atom stereocenters. The van der Waals surface area contributed by atoms with E-state index in [1.54, 1.807) is 0 Å². The van der Waals surface area contributed by atoms with Gasteiger partial charge in [0.15, 0.2) is 0 Å². The van der Waals surface area contributed by atoms with E-state index in [-0.39, 0.29) is 12.5 Å². The van der Waals surface area contributed by atoms with Crippen molar-refractivity contribution in [3.63, 3.8) is 0 Å². The van der Waals surface area contributed by atoms with Crippen molar-refractivity contribution in [3.8, 4) is 0 Å². The summed E-state index contributed by atoms with van der Waals surface area (Å²) in [5.74, 6) is 0.439. The summed E-state index contributed by atoms with van der Waals surface area (Å²) >= 11 is 0. The first-order valence-electron chi connectivity index (χ1n) is 6.71. The lowest BCUT2D eigenvalue weighted by Gasteiger charge is -2.40. The average molecular weight is 242 g/mol. The maximum Gasteiger partial charge on any atom is 0.237 e. The lowest BCUT2D eigenvalue weighted by molar-refractivity contribution is -0.125. The van der Waals surface area contributed by atoms with Crippen molar-refractivity contribution in [1.29, 1.82) is 0 Å². The molecule has 100 valence electrons. The number of carbonyl (C=O) groups is 1. The SMILES string of the molecule is CCC[C@@H](N)C(=O)NC1(CO)CCCC(C)C1. The topological polar surface area (TPSA) is 75.4 Å². The third kappa shape index (κ3) is 3.96. The van der Waals surface area contributed by atoms with E-state index >= 15 is 0 Å². The second-order valence-corrected chi connectivity index (χ2v) is 5.52. The smallest absolute Gasteiger partial charge is 0.237 e. The summed E-state index contributed by atoms with van der Waals surface area (Å²) < 4.78 is 0. The first-order chi connectivity index (χ1) is 8.03. The van der Waals surface area contributed by atoms with Gasteiger partial charge in [-0.05, 0) is 25.2 Å². The van der Waals surface area contributed by atoms with Crippen LogP contribution in [0.5, 0.6) is 0 Å². The van der Waals surface area contributed by atoms with Crippen molar-refractivity contribution in [2.45, 2.75) is 64.0 Å². The summed E-state index contributed by atoms with van der Waals surface area (Å²) in [5.41, 5.74) is 5.37. The van der Waals surface area contributed by atoms with Gasteiger partial charge in [-0.3, -0.25) is 4.79 Å². The number of nitrogens with two attached hydrogens (primary N) is 1. The lowest BCUT2D eigenvalue weighted by atomic mass is 9.76. The summed E-state index contributed by atoms with van der Waals surface area (Å²) in [6.45, 7) is 4.20. The molecule has 0 spiro atoms. The quantitative estimate of drug-likeness (QED) is 0.677. The molecule has 1 saturated carbocycles. The molecule has 4 heteroatoms. The number of rotatable bonds is 5. The lowest BCUT2D eigenvalue weighted by Crippen LogP contribution is -2.57. The van der Waals surface area contributed by atoms with Crippen molar-refractivity contribution >= 4 is 5.91 Å². The third-order valence-corrected chi connectivity index (χ3v) is 3.72. The van der Waals surface area contributed by atoms with Gasteiger partial charge in [-0.1, -0.05) is 33.1 Å². The summed E-state index contributed by atoms with van der Waals surface area (Å²) in [4.78, 5) is 11.9. The molecule has 4 nitrogen and oxygen atoms in total. The Morgan fingerprint density at radius 3 is 2.88 bits per heavy atom. The second-order valence-electron chi connectivity index (χ2n) is 5.52. The van der Waals surface area contributed by atoms with Crippen LogP contribution in [0.1, 0.15) is 52.4 Å². The van der Waals surface area contributed by atoms with Crippen LogP contribution in [0.3, 0.4) is 0 Å². The molecule has 1 amide bonds. The zero-order chi connectivity index (χ0) is 12.9. The first-order valence-corrected chi connectivity index (χ1v) is 6.71. The van der Waals surface area contributed by atoms with Crippen LogP contribution in [-0.4, -0.2) is 29.2 Å². The second kappa shape index (κ2) is 6.36. The third-order valence-electron chi connectivity index (χ3n) is 3.72. The molecule has 0 bridgehead atoms. The molecule has 1 rings (SSSR count). The fourth-order valence-corrected chi connectivity index (χ4v) is 2.75. The van der Waals surface area contributed by atoms with Gasteiger partial charge < -0.3 is 16.2 Å². The van der Waals surface area contributed by atoms with Gasteiger partial charge in [-0.15, -0.1) is 0 Å². The number of hydrogen-bond acceptors (Lipinski definition) is 3. The molecule has 0 aromatic carbocycles. The van der Waals surface area contributed by atoms with Crippen LogP contribution in [-0.2, 0) is 4.79 Å². The molecule has 1 aliphatic carbocycles. The molecule has 1 fully saturated rings. The van der Waals surface area contributed by atoms with Crippen LogP contribution < -0.4 is 11.1 Å². The minimum atomic E-state index is -0.444. The number of hydrogen-bond donors (Lipinski definition) is 3. The summed E-state index contributed by atoms with van der Waals surface area (Å²) in [5, 5.41) is 12.5. The van der Waals surface area contributed by atoms with Crippen LogP contribution >= 0.6 is 0 Å². The Hall–Kier alpha value is -0.610. The maximum atomic E-state index is 11.9. The van der Waals surface area contributed by atoms with Crippen molar-refractivity contribution in [2.24, 2.45) is 11.7 Å². The Bertz CT molecular complexity index is 258. The number of amides is 1. The highest BCUT2D eigenvalue weighted by molar-refractivity contribution is 5.82. The minimum Gasteiger partial charge on any atom is -0.394 e. The number of carbonyl (C=O) groups excluding carboxylic acids is 1. The van der Waals surface area contributed by atoms with Crippen LogP contribution in [0.25, 0.3) is 0 Å². The number of aliphatic hydroxyl groups is 1. The van der Waals surface area contributed by atoms with E-state index in [1.165, 1.54) is 6.42 Å². The van der Waals surface area contributed by atoms with Crippen LogP contribution in [0, 0.1) is 5.92 Å². The Kier molecular flexibility index (Phi) is 5.40. The predicted molar refractivity (Wildman–Crippen MR) is 68.5 cm³/mol. The molecule has 0 heterocycles. The molecule has 4 N–H and O–H groups in total. The van der Waals surface area contributed by atoms with E-state index in [1.807, 2.05) is 6.92 Å². The molecule has 0 saturated heterocycles. The Labute approximate surface area is 104 Å². The van der Waals surface area contributed by atoms with E-state index in [2.05, 4.69) is 12.2 Å². The molecule has 0 aromatic heterocycles. The minimum absolute atomic E-state index is 0.0158. The molecular formula is C13H26N2O2. The largest absolute Gasteiger partial charge is 0.394 e. The highest BCUT2D eigenvalue weighted by Crippen LogP contribution is 2.32. The van der Waals surface area contributed by atoms with E-state index in [9.17, 15) is 9.90 Å². The molecule has 17 heavy (non-hydrogen) atoms. The van der Waals surface area contributed by atoms with E-state index in [4.69, 9.17) is 5.73 Å². The van der Waals surface area contributed by atoms with Crippen molar-refractivity contribution in [1.82, 2.24) is 5.32 Å². The van der Waals surface area contributed by atoms with Gasteiger partial charge in [0.25, 0.3) is 0 Å². The first kappa shape index (κ1) is 14.5. The zero-order valence-corrected chi connectivity index (χ0v) is 11.0. The average Bonchev–Trinajstić information content (AvgIpc) is 2.29. The van der Waals surface area contributed by atoms with E-state index in [0.717, 1.165) is 25.7 Å². The zero-order valence-electron chi connectivity index (χ0n) is 11.0. The standard InChI is InChI=1S/C13H26N2O2/c1-3-5-11(14)12(17)15-13(9-16)7-4-6-10(2)8-13/h10-11,16H,3-9,14H2,1-2H3,(H,15,17)/t10?,11-,13?/m1/s1. The monoisotopic (exact) mass is 242 g/mol. The summed E-state index contributed by atoms with van der Waals surface area (Å²) in [7, 11) is 0. The highest BCUT2D eigenvalue weighted by Gasteiger charge is 2.36. The van der Waals surface area contributed by atoms with Crippen molar-refractivity contribution < 1.29 is 9.90 Å². The van der Waals surface area contributed by atoms with Gasteiger partial charge in [0.05, 0.1) is 18.2 Å². The van der Waals surface area contributed by atoms with Crippen LogP contribution in [0.15, 0.2) is 0 Å². The normalized spacial score (nSPS) is 30.9. The van der Waals surface area contributed by atoms with Crippen LogP contribution in [0.2, 0.25) is 0 Å². The molecule has 3 atom stereocenters. The van der Waals surface area contributed by atoms with Gasteiger partial charge in [0, 0.05) is 0 Å². The molecule has 1 aliphatic rings. The highest BCUT2D eigenvalue weighted by atomic mass is 16.3. The van der Waals surface area contributed by atoms with Crippen LogP contribution in [0.4, 0.5) is 0 Å². The Morgan fingerprint density at radius 1 is 1.65 bits per heavy atom. The molecule has 0 aliphatic heterocycles. The van der Waals surface area contributed by atoms with Gasteiger partial charge in [-0.2, -0.15) is 0 Å². The van der Waals surface area contributed by atoms with E-state index in [0.29, 0.717) is 12.3 Å². The van der Waals surface area contributed by atoms with Crippen molar-refractivity contribution in [2.75, 3.05) is 6.61 Å². The van der Waals surface area contributed by atoms with Gasteiger partial charge >= 0.3 is 0 Å². The van der Waals surface area contributed by atoms with Gasteiger partial charge in [0.1, 0.15) is 0 Å². The number of nitrogens with one attached hydrogen (secondary N) is 1. The van der Waals surface area contributed by atoms with E-state index < -0.39 is 11.6 Å².